The van der Waals surface area contributed by atoms with Crippen LogP contribution in [0.25, 0.3) is 0 Å². The van der Waals surface area contributed by atoms with E-state index in [-0.39, 0.29) is 48.6 Å². The predicted octanol–water partition coefficient (Wildman–Crippen LogP) is 3.38. The van der Waals surface area contributed by atoms with Crippen molar-refractivity contribution in [3.05, 3.63) is 29.8 Å². The quantitative estimate of drug-likeness (QED) is 0.600. The number of hydrogen-bond donors (Lipinski definition) is 0. The largest absolute Gasteiger partial charge is 2.00 e. The summed E-state index contributed by atoms with van der Waals surface area (Å²) in [5.74, 6) is -0.185. The van der Waals surface area contributed by atoms with Crippen LogP contribution in [0.3, 0.4) is 0 Å². The van der Waals surface area contributed by atoms with Crippen molar-refractivity contribution in [2.75, 3.05) is 0 Å². The fourth-order valence-electron chi connectivity index (χ4n) is 0.827. The Morgan fingerprint density at radius 1 is 1.20 bits per heavy atom. The first-order valence-electron chi connectivity index (χ1n) is 3.56. The van der Waals surface area contributed by atoms with Crippen molar-refractivity contribution in [1.82, 2.24) is 0 Å². The third kappa shape index (κ3) is 7.39. The Hall–Kier alpha value is 0.486. The number of benzene rings is 1. The summed E-state index contributed by atoms with van der Waals surface area (Å²) in [7, 11) is 2.49. The molecule has 7 heteroatoms. The molecule has 0 heterocycles. The van der Waals surface area contributed by atoms with E-state index in [1.54, 1.807) is 12.1 Å². The van der Waals surface area contributed by atoms with E-state index in [4.69, 9.17) is 0 Å². The zero-order valence-corrected chi connectivity index (χ0v) is 12.0. The van der Waals surface area contributed by atoms with Crippen molar-refractivity contribution in [2.24, 2.45) is 0 Å². The fourth-order valence-corrected chi connectivity index (χ4v) is 1.10. The van der Waals surface area contributed by atoms with Gasteiger partial charge in [0.15, 0.2) is 0 Å². The van der Waals surface area contributed by atoms with Gasteiger partial charge in [0.05, 0.1) is 0 Å². The van der Waals surface area contributed by atoms with Crippen LogP contribution in [0.15, 0.2) is 24.3 Å². The second kappa shape index (κ2) is 7.71. The predicted molar refractivity (Wildman–Crippen MR) is 64.8 cm³/mol. The van der Waals surface area contributed by atoms with E-state index in [9.17, 15) is 13.2 Å². The topological polar surface area (TPSA) is 9.23 Å². The molecule has 1 aromatic carbocycles. The molecule has 1 aromatic rings. The van der Waals surface area contributed by atoms with Gasteiger partial charge in [-0.1, -0.05) is 12.1 Å². The van der Waals surface area contributed by atoms with Crippen molar-refractivity contribution in [3.8, 4) is 5.75 Å². The summed E-state index contributed by atoms with van der Waals surface area (Å²) in [6.45, 7) is 0. The zero-order valence-electron chi connectivity index (χ0n) is 9.75. The maximum Gasteiger partial charge on any atom is 2.00 e. The number of rotatable bonds is 2. The van der Waals surface area contributed by atoms with Gasteiger partial charge in [-0.2, -0.15) is 0 Å². The van der Waals surface area contributed by atoms with Crippen LogP contribution in [0.4, 0.5) is 13.2 Å². The Morgan fingerprint density at radius 2 is 1.67 bits per heavy atom. The molecular formula is C8H11BrF3MgOP. The summed E-state index contributed by atoms with van der Waals surface area (Å²) >= 11 is 0. The summed E-state index contributed by atoms with van der Waals surface area (Å²) in [5, 5.41) is 0. The molecule has 0 saturated carbocycles. The maximum atomic E-state index is 11.7. The van der Waals surface area contributed by atoms with Crippen LogP contribution in [0.1, 0.15) is 8.42 Å². The van der Waals surface area contributed by atoms with Gasteiger partial charge in [0.1, 0.15) is 5.75 Å². The monoisotopic (exact) mass is 314 g/mol. The van der Waals surface area contributed by atoms with Crippen LogP contribution < -0.4 is 4.74 Å². The molecule has 1 atom stereocenters. The molecule has 0 amide bonds. The van der Waals surface area contributed by atoms with E-state index >= 15 is 0 Å². The van der Waals surface area contributed by atoms with E-state index in [2.05, 4.69) is 14.0 Å². The first kappa shape index (κ1) is 17.9. The minimum Gasteiger partial charge on any atom is -1.00 e. The number of hydrogen-bond acceptors (Lipinski definition) is 1. The molecule has 0 aromatic heterocycles. The Balaban J connectivity index is -0.000000211. The first-order valence-corrected chi connectivity index (χ1v) is 4.37. The van der Waals surface area contributed by atoms with Crippen molar-refractivity contribution in [1.29, 1.82) is 0 Å². The average molecular weight is 315 g/mol. The summed E-state index contributed by atoms with van der Waals surface area (Å²) in [4.78, 5) is 0. The van der Waals surface area contributed by atoms with Gasteiger partial charge in [-0.15, -0.1) is 39.4 Å². The van der Waals surface area contributed by atoms with E-state index in [1.165, 1.54) is 12.1 Å². The van der Waals surface area contributed by atoms with E-state index in [0.29, 0.717) is 6.16 Å². The third-order valence-electron chi connectivity index (χ3n) is 1.39. The summed E-state index contributed by atoms with van der Waals surface area (Å²) in [5.41, 5.74) is 0.944. The van der Waals surface area contributed by atoms with Crippen LogP contribution in [0.5, 0.6) is 5.75 Å². The molecule has 0 bridgehead atoms. The minimum absolute atomic E-state index is 0. The molecule has 0 aliphatic rings. The molecule has 0 aliphatic carbocycles. The maximum absolute atomic E-state index is 11.7. The van der Waals surface area contributed by atoms with Gasteiger partial charge in [0.25, 0.3) is 0 Å². The molecule has 0 aliphatic heterocycles. The summed E-state index contributed by atoms with van der Waals surface area (Å²) in [6.07, 6.45) is -3.89. The second-order valence-corrected chi connectivity index (χ2v) is 2.80. The molecule has 1 rings (SSSR count). The van der Waals surface area contributed by atoms with Gasteiger partial charge in [-0.05, 0) is 23.9 Å². The normalized spacial score (nSPS) is 9.87. The standard InChI is InChI=1S/C8H8F3OP.BrH.Mg.2H/c9-8(10,11)12-7-3-1-6(5-13)2-4-7;;;;/h1-4H,5,13H2;1H;;;/q;;+2;2*-1. The first-order chi connectivity index (χ1) is 6.01. The molecule has 0 radical (unpaired) electrons. The van der Waals surface area contributed by atoms with Crippen molar-refractivity contribution >= 4 is 49.3 Å². The van der Waals surface area contributed by atoms with Crippen LogP contribution in [0.2, 0.25) is 0 Å². The Kier molecular flexibility index (Phi) is 9.18. The molecular weight excluding hydrogens is 304 g/mol. The fraction of sp³-hybridized carbons (Fsp3) is 0.250. The molecule has 1 nitrogen and oxygen atoms in total. The van der Waals surface area contributed by atoms with E-state index in [0.717, 1.165) is 5.56 Å². The number of alkyl halides is 3. The van der Waals surface area contributed by atoms with Crippen LogP contribution in [0, 0.1) is 0 Å². The van der Waals surface area contributed by atoms with Crippen molar-refractivity contribution < 1.29 is 20.8 Å². The average Bonchev–Trinajstić information content (AvgIpc) is 2.03. The Bertz CT molecular complexity index is 287. The van der Waals surface area contributed by atoms with Crippen LogP contribution in [-0.4, -0.2) is 29.4 Å². The van der Waals surface area contributed by atoms with Gasteiger partial charge in [-0.25, -0.2) is 0 Å². The zero-order chi connectivity index (χ0) is 9.90. The minimum atomic E-state index is -4.61. The Morgan fingerprint density at radius 3 is 2.00 bits per heavy atom. The van der Waals surface area contributed by atoms with Crippen molar-refractivity contribution in [2.45, 2.75) is 12.5 Å². The third-order valence-corrected chi connectivity index (χ3v) is 1.86. The second-order valence-electron chi connectivity index (χ2n) is 2.40. The van der Waals surface area contributed by atoms with Gasteiger partial charge in [0, 0.05) is 0 Å². The van der Waals surface area contributed by atoms with E-state index in [1.807, 2.05) is 0 Å². The van der Waals surface area contributed by atoms with E-state index < -0.39 is 6.36 Å². The van der Waals surface area contributed by atoms with Gasteiger partial charge >= 0.3 is 29.4 Å². The van der Waals surface area contributed by atoms with Crippen LogP contribution in [-0.2, 0) is 6.16 Å². The smallest absolute Gasteiger partial charge is 1.00 e. The molecule has 0 saturated heterocycles. The molecule has 84 valence electrons. The molecule has 1 unspecified atom stereocenters. The van der Waals surface area contributed by atoms with Gasteiger partial charge in [-0.3, -0.25) is 0 Å². The Labute approximate surface area is 118 Å². The summed E-state index contributed by atoms with van der Waals surface area (Å²) < 4.78 is 38.8. The van der Waals surface area contributed by atoms with Crippen molar-refractivity contribution in [3.63, 3.8) is 0 Å². The van der Waals surface area contributed by atoms with Crippen LogP contribution >= 0.6 is 26.2 Å². The molecule has 0 fully saturated rings. The molecule has 15 heavy (non-hydrogen) atoms. The summed E-state index contributed by atoms with van der Waals surface area (Å²) in [6, 6.07) is 5.78. The number of halogens is 4. The van der Waals surface area contributed by atoms with Gasteiger partial charge in [0.2, 0.25) is 0 Å². The number of ether oxygens (including phenoxy) is 1. The molecule has 0 spiro atoms. The molecule has 0 N–H and O–H groups in total. The van der Waals surface area contributed by atoms with Gasteiger partial charge < -0.3 is 7.59 Å². The SMILES string of the molecule is Br.FC(F)(F)Oc1ccc(CP)cc1.[H-].[H-].[Mg+2].